The van der Waals surface area contributed by atoms with Crippen LogP contribution in [0.25, 0.3) is 0 Å². The van der Waals surface area contributed by atoms with Gasteiger partial charge in [0.1, 0.15) is 0 Å². The van der Waals surface area contributed by atoms with Crippen LogP contribution in [0, 0.1) is 5.41 Å². The fourth-order valence-corrected chi connectivity index (χ4v) is 2.72. The highest BCUT2D eigenvalue weighted by Crippen LogP contribution is 2.18. The maximum absolute atomic E-state index is 7.18. The van der Waals surface area contributed by atoms with E-state index in [2.05, 4.69) is 14.8 Å². The molecule has 2 rings (SSSR count). The van der Waals surface area contributed by atoms with E-state index in [1.165, 1.54) is 0 Å². The van der Waals surface area contributed by atoms with Gasteiger partial charge < -0.3 is 10.6 Å². The molecule has 94 valence electrons. The lowest BCUT2D eigenvalue weighted by molar-refractivity contribution is 0.256. The first-order valence-electron chi connectivity index (χ1n) is 5.95. The Labute approximate surface area is 106 Å². The van der Waals surface area contributed by atoms with Crippen molar-refractivity contribution >= 4 is 22.3 Å². The molecule has 0 aromatic carbocycles. The Hall–Kier alpha value is -1.14. The summed E-state index contributed by atoms with van der Waals surface area (Å²) < 4.78 is 0. The number of rotatable bonds is 5. The summed E-state index contributed by atoms with van der Waals surface area (Å²) in [6.07, 6.45) is 3.57. The van der Waals surface area contributed by atoms with Crippen molar-refractivity contribution in [3.05, 3.63) is 11.6 Å². The van der Waals surface area contributed by atoms with Crippen LogP contribution in [0.4, 0.5) is 5.13 Å². The fourth-order valence-electron chi connectivity index (χ4n) is 2.03. The molecule has 17 heavy (non-hydrogen) atoms. The van der Waals surface area contributed by atoms with Crippen molar-refractivity contribution in [3.8, 4) is 0 Å². The molecule has 0 aliphatic carbocycles. The predicted molar refractivity (Wildman–Crippen MR) is 71.9 cm³/mol. The SMILES string of the molecule is N=C(N)CCCN1CCN(c2nccs2)CC1. The third-order valence-corrected chi connectivity index (χ3v) is 3.81. The van der Waals surface area contributed by atoms with Crippen LogP contribution in [-0.2, 0) is 0 Å². The molecule has 6 heteroatoms. The van der Waals surface area contributed by atoms with Crippen molar-refractivity contribution in [1.29, 1.82) is 5.41 Å². The van der Waals surface area contributed by atoms with E-state index in [0.29, 0.717) is 12.3 Å². The van der Waals surface area contributed by atoms with Crippen LogP contribution in [0.5, 0.6) is 0 Å². The van der Waals surface area contributed by atoms with Gasteiger partial charge in [0.15, 0.2) is 5.13 Å². The Morgan fingerprint density at radius 2 is 2.18 bits per heavy atom. The first-order chi connectivity index (χ1) is 8.25. The Kier molecular flexibility index (Phi) is 4.33. The number of amidine groups is 1. The number of hydrogen-bond acceptors (Lipinski definition) is 5. The molecule has 0 unspecified atom stereocenters. The molecule has 0 atom stereocenters. The maximum atomic E-state index is 7.18. The first kappa shape index (κ1) is 12.3. The van der Waals surface area contributed by atoms with Crippen molar-refractivity contribution in [2.45, 2.75) is 12.8 Å². The molecule has 1 aromatic heterocycles. The summed E-state index contributed by atoms with van der Waals surface area (Å²) in [6, 6.07) is 0. The van der Waals surface area contributed by atoms with Crippen LogP contribution < -0.4 is 10.6 Å². The Bertz CT molecular complexity index is 343. The molecule has 1 aliphatic heterocycles. The molecular weight excluding hydrogens is 234 g/mol. The summed E-state index contributed by atoms with van der Waals surface area (Å²) in [5.74, 6) is 0.298. The molecule has 1 saturated heterocycles. The minimum atomic E-state index is 0.298. The van der Waals surface area contributed by atoms with Gasteiger partial charge in [-0.3, -0.25) is 10.3 Å². The second-order valence-electron chi connectivity index (χ2n) is 4.27. The van der Waals surface area contributed by atoms with Crippen LogP contribution in [0.1, 0.15) is 12.8 Å². The Morgan fingerprint density at radius 3 is 2.76 bits per heavy atom. The van der Waals surface area contributed by atoms with E-state index < -0.39 is 0 Å². The first-order valence-corrected chi connectivity index (χ1v) is 6.83. The summed E-state index contributed by atoms with van der Waals surface area (Å²) in [5.41, 5.74) is 5.34. The zero-order chi connectivity index (χ0) is 12.1. The van der Waals surface area contributed by atoms with Crippen molar-refractivity contribution in [2.75, 3.05) is 37.6 Å². The Morgan fingerprint density at radius 1 is 1.41 bits per heavy atom. The van der Waals surface area contributed by atoms with Gasteiger partial charge in [-0.15, -0.1) is 11.3 Å². The quantitative estimate of drug-likeness (QED) is 0.606. The van der Waals surface area contributed by atoms with Gasteiger partial charge in [0, 0.05) is 44.2 Å². The summed E-state index contributed by atoms with van der Waals surface area (Å²) in [4.78, 5) is 9.11. The van der Waals surface area contributed by atoms with E-state index in [4.69, 9.17) is 11.1 Å². The van der Waals surface area contributed by atoms with E-state index in [0.717, 1.165) is 44.3 Å². The topological polar surface area (TPSA) is 69.2 Å². The summed E-state index contributed by atoms with van der Waals surface area (Å²) in [6.45, 7) is 5.31. The van der Waals surface area contributed by atoms with Gasteiger partial charge in [-0.2, -0.15) is 0 Å². The summed E-state index contributed by atoms with van der Waals surface area (Å²) in [5, 5.41) is 10.3. The van der Waals surface area contributed by atoms with Crippen LogP contribution >= 0.6 is 11.3 Å². The Balaban J connectivity index is 1.69. The van der Waals surface area contributed by atoms with E-state index >= 15 is 0 Å². The van der Waals surface area contributed by atoms with Crippen LogP contribution in [0.15, 0.2) is 11.6 Å². The highest BCUT2D eigenvalue weighted by molar-refractivity contribution is 7.13. The largest absolute Gasteiger partial charge is 0.388 e. The molecule has 0 bridgehead atoms. The molecule has 1 aromatic rings. The molecule has 0 amide bonds. The third kappa shape index (κ3) is 3.67. The predicted octanol–water partition coefficient (Wildman–Crippen LogP) is 0.981. The monoisotopic (exact) mass is 253 g/mol. The molecule has 3 N–H and O–H groups in total. The molecule has 1 fully saturated rings. The van der Waals surface area contributed by atoms with Crippen LogP contribution in [0.2, 0.25) is 0 Å². The average molecular weight is 253 g/mol. The van der Waals surface area contributed by atoms with Crippen molar-refractivity contribution < 1.29 is 0 Å². The molecule has 0 spiro atoms. The maximum Gasteiger partial charge on any atom is 0.185 e. The highest BCUT2D eigenvalue weighted by atomic mass is 32.1. The van der Waals surface area contributed by atoms with Gasteiger partial charge in [0.05, 0.1) is 5.84 Å². The second kappa shape index (κ2) is 5.97. The minimum absolute atomic E-state index is 0.298. The minimum Gasteiger partial charge on any atom is -0.388 e. The van der Waals surface area contributed by atoms with Crippen LogP contribution in [-0.4, -0.2) is 48.4 Å². The second-order valence-corrected chi connectivity index (χ2v) is 5.15. The molecular formula is C11H19N5S. The number of nitrogens with two attached hydrogens (primary N) is 1. The lowest BCUT2D eigenvalue weighted by Gasteiger charge is -2.34. The fraction of sp³-hybridized carbons (Fsp3) is 0.636. The lowest BCUT2D eigenvalue weighted by Crippen LogP contribution is -2.46. The normalized spacial score (nSPS) is 17.3. The van der Waals surface area contributed by atoms with Crippen LogP contribution in [0.3, 0.4) is 0 Å². The molecule has 1 aliphatic rings. The van der Waals surface area contributed by atoms with Gasteiger partial charge in [-0.05, 0) is 13.0 Å². The number of piperazine rings is 1. The third-order valence-electron chi connectivity index (χ3n) is 2.98. The lowest BCUT2D eigenvalue weighted by atomic mass is 10.2. The van der Waals surface area contributed by atoms with Gasteiger partial charge in [0.25, 0.3) is 0 Å². The summed E-state index contributed by atoms with van der Waals surface area (Å²) >= 11 is 1.70. The van der Waals surface area contributed by atoms with E-state index in [1.54, 1.807) is 11.3 Å². The van der Waals surface area contributed by atoms with Gasteiger partial charge in [-0.25, -0.2) is 4.98 Å². The standard InChI is InChI=1S/C11H19N5S/c12-10(13)2-1-4-15-5-7-16(8-6-15)11-14-3-9-17-11/h3,9H,1-2,4-8H2,(H3,12,13). The molecule has 0 saturated carbocycles. The van der Waals surface area contributed by atoms with Gasteiger partial charge in [0.2, 0.25) is 0 Å². The van der Waals surface area contributed by atoms with Crippen molar-refractivity contribution in [1.82, 2.24) is 9.88 Å². The molecule has 5 nitrogen and oxygen atoms in total. The molecule has 0 radical (unpaired) electrons. The smallest absolute Gasteiger partial charge is 0.185 e. The van der Waals surface area contributed by atoms with Gasteiger partial charge in [-0.1, -0.05) is 0 Å². The molecule has 2 heterocycles. The number of aromatic nitrogens is 1. The van der Waals surface area contributed by atoms with Crippen molar-refractivity contribution in [2.24, 2.45) is 5.73 Å². The van der Waals surface area contributed by atoms with E-state index in [-0.39, 0.29) is 0 Å². The number of nitrogens with one attached hydrogen (secondary N) is 1. The zero-order valence-electron chi connectivity index (χ0n) is 9.93. The van der Waals surface area contributed by atoms with Gasteiger partial charge >= 0.3 is 0 Å². The average Bonchev–Trinajstić information content (AvgIpc) is 2.83. The van der Waals surface area contributed by atoms with E-state index in [1.807, 2.05) is 11.6 Å². The number of anilines is 1. The zero-order valence-corrected chi connectivity index (χ0v) is 10.7. The number of nitrogens with zero attached hydrogens (tertiary/aromatic N) is 3. The van der Waals surface area contributed by atoms with E-state index in [9.17, 15) is 0 Å². The highest BCUT2D eigenvalue weighted by Gasteiger charge is 2.17. The summed E-state index contributed by atoms with van der Waals surface area (Å²) in [7, 11) is 0. The van der Waals surface area contributed by atoms with Crippen molar-refractivity contribution in [3.63, 3.8) is 0 Å². The number of thiazole rings is 1. The number of hydrogen-bond donors (Lipinski definition) is 2.